The Morgan fingerprint density at radius 2 is 2.08 bits per heavy atom. The lowest BCUT2D eigenvalue weighted by Crippen LogP contribution is -2.26. The molecule has 0 heterocycles. The summed E-state index contributed by atoms with van der Waals surface area (Å²) in [5, 5.41) is 8.18. The minimum Gasteiger partial charge on any atom is -0.481 e. The Labute approximate surface area is 76.5 Å². The van der Waals surface area contributed by atoms with Crippen LogP contribution in [-0.2, 0) is 20.8 Å². The third-order valence-corrected chi connectivity index (χ3v) is 1.28. The molecular formula is C5H9NO6S. The van der Waals surface area contributed by atoms with Crippen molar-refractivity contribution in [2.75, 3.05) is 6.61 Å². The summed E-state index contributed by atoms with van der Waals surface area (Å²) >= 11 is -2.45. The topological polar surface area (TPSA) is 113 Å². The fourth-order valence-electron chi connectivity index (χ4n) is 0.489. The number of hydrogen-bond acceptors (Lipinski definition) is 4. The first-order valence-corrected chi connectivity index (χ1v) is 4.39. The number of ether oxygens (including phenoxy) is 1. The van der Waals surface area contributed by atoms with Crippen molar-refractivity contribution in [3.8, 4) is 0 Å². The molecule has 0 fully saturated rings. The predicted molar refractivity (Wildman–Crippen MR) is 42.1 cm³/mol. The van der Waals surface area contributed by atoms with Crippen LogP contribution < -0.4 is 4.72 Å². The van der Waals surface area contributed by atoms with Gasteiger partial charge in [-0.1, -0.05) is 0 Å². The van der Waals surface area contributed by atoms with Crippen LogP contribution in [0.25, 0.3) is 0 Å². The van der Waals surface area contributed by atoms with Crippen LogP contribution in [0.3, 0.4) is 0 Å². The number of carbonyl (C=O) groups is 2. The van der Waals surface area contributed by atoms with E-state index in [0.717, 1.165) is 0 Å². The molecule has 8 heteroatoms. The van der Waals surface area contributed by atoms with E-state index in [1.807, 2.05) is 0 Å². The monoisotopic (exact) mass is 211 g/mol. The van der Waals surface area contributed by atoms with Crippen molar-refractivity contribution in [3.63, 3.8) is 0 Å². The van der Waals surface area contributed by atoms with Crippen molar-refractivity contribution >= 4 is 23.3 Å². The smallest absolute Gasteiger partial charge is 0.420 e. The van der Waals surface area contributed by atoms with E-state index in [0.29, 0.717) is 0 Å². The second-order valence-corrected chi connectivity index (χ2v) is 2.69. The highest BCUT2D eigenvalue weighted by molar-refractivity contribution is 7.77. The molecule has 0 rings (SSSR count). The standard InChI is InChI=1S/C5H9NO6S/c7-4(8)2-1-3-12-5(9)6-13(10)11/h1-3H2,(H,6,9)(H,7,8)(H,10,11). The Morgan fingerprint density at radius 1 is 1.46 bits per heavy atom. The van der Waals surface area contributed by atoms with Gasteiger partial charge in [-0.15, -0.1) is 0 Å². The Bertz CT molecular complexity index is 217. The fourth-order valence-corrected chi connectivity index (χ4v) is 0.691. The fraction of sp³-hybridized carbons (Fsp3) is 0.600. The summed E-state index contributed by atoms with van der Waals surface area (Å²) in [6, 6.07) is 0. The molecule has 1 atom stereocenters. The van der Waals surface area contributed by atoms with E-state index in [2.05, 4.69) is 4.74 Å². The van der Waals surface area contributed by atoms with Gasteiger partial charge < -0.3 is 9.84 Å². The summed E-state index contributed by atoms with van der Waals surface area (Å²) in [5.74, 6) is -0.991. The Balaban J connectivity index is 3.37. The molecule has 0 saturated heterocycles. The first-order valence-electron chi connectivity index (χ1n) is 3.28. The first-order chi connectivity index (χ1) is 6.02. The highest BCUT2D eigenvalue weighted by atomic mass is 32.2. The van der Waals surface area contributed by atoms with E-state index in [4.69, 9.17) is 9.66 Å². The van der Waals surface area contributed by atoms with Gasteiger partial charge in [-0.3, -0.25) is 9.35 Å². The van der Waals surface area contributed by atoms with Crippen molar-refractivity contribution in [1.29, 1.82) is 0 Å². The lowest BCUT2D eigenvalue weighted by Gasteiger charge is -2.01. The average Bonchev–Trinajstić information content (AvgIpc) is 1.96. The zero-order valence-electron chi connectivity index (χ0n) is 6.56. The van der Waals surface area contributed by atoms with Crippen molar-refractivity contribution in [1.82, 2.24) is 4.72 Å². The highest BCUT2D eigenvalue weighted by Crippen LogP contribution is 1.90. The molecule has 0 saturated carbocycles. The van der Waals surface area contributed by atoms with E-state index in [9.17, 15) is 13.8 Å². The van der Waals surface area contributed by atoms with Crippen LogP contribution >= 0.6 is 0 Å². The molecule has 0 aromatic carbocycles. The van der Waals surface area contributed by atoms with Crippen LogP contribution in [0.2, 0.25) is 0 Å². The van der Waals surface area contributed by atoms with E-state index in [1.54, 1.807) is 4.72 Å². The van der Waals surface area contributed by atoms with Gasteiger partial charge in [0.1, 0.15) is 0 Å². The van der Waals surface area contributed by atoms with Crippen molar-refractivity contribution in [3.05, 3.63) is 0 Å². The summed E-state index contributed by atoms with van der Waals surface area (Å²) < 4.78 is 24.0. The molecule has 0 aliphatic rings. The number of nitrogens with one attached hydrogen (secondary N) is 1. The van der Waals surface area contributed by atoms with Crippen LogP contribution in [-0.4, -0.2) is 32.5 Å². The van der Waals surface area contributed by atoms with Crippen LogP contribution in [0.15, 0.2) is 0 Å². The van der Waals surface area contributed by atoms with Gasteiger partial charge in [0.05, 0.1) is 6.61 Å². The van der Waals surface area contributed by atoms with Crippen molar-refractivity contribution in [2.24, 2.45) is 0 Å². The number of carbonyl (C=O) groups excluding carboxylic acids is 1. The van der Waals surface area contributed by atoms with Gasteiger partial charge in [-0.2, -0.15) is 0 Å². The summed E-state index contributed by atoms with van der Waals surface area (Å²) in [7, 11) is 0. The summed E-state index contributed by atoms with van der Waals surface area (Å²) in [5.41, 5.74) is 0. The van der Waals surface area contributed by atoms with E-state index >= 15 is 0 Å². The summed E-state index contributed by atoms with van der Waals surface area (Å²) in [4.78, 5) is 20.4. The molecule has 0 aromatic rings. The number of hydrogen-bond donors (Lipinski definition) is 3. The average molecular weight is 211 g/mol. The van der Waals surface area contributed by atoms with Gasteiger partial charge in [0.2, 0.25) is 0 Å². The molecule has 76 valence electrons. The Hall–Kier alpha value is -1.15. The van der Waals surface area contributed by atoms with E-state index in [-0.39, 0.29) is 19.4 Å². The second-order valence-electron chi connectivity index (χ2n) is 1.98. The number of rotatable bonds is 5. The molecule has 0 aliphatic carbocycles. The molecule has 1 unspecified atom stereocenters. The lowest BCUT2D eigenvalue weighted by molar-refractivity contribution is -0.137. The molecule has 0 aliphatic heterocycles. The van der Waals surface area contributed by atoms with Crippen LogP contribution in [0.4, 0.5) is 4.79 Å². The van der Waals surface area contributed by atoms with Gasteiger partial charge in [0.15, 0.2) is 0 Å². The predicted octanol–water partition coefficient (Wildman–Crippen LogP) is -0.286. The van der Waals surface area contributed by atoms with Crippen LogP contribution in [0, 0.1) is 0 Å². The Morgan fingerprint density at radius 3 is 2.54 bits per heavy atom. The van der Waals surface area contributed by atoms with E-state index < -0.39 is 23.3 Å². The molecule has 0 bridgehead atoms. The maximum Gasteiger partial charge on any atom is 0.420 e. The molecule has 0 spiro atoms. The number of amides is 1. The minimum absolute atomic E-state index is 0.102. The Kier molecular flexibility index (Phi) is 5.81. The van der Waals surface area contributed by atoms with Crippen LogP contribution in [0.5, 0.6) is 0 Å². The lowest BCUT2D eigenvalue weighted by atomic mass is 10.3. The minimum atomic E-state index is -2.45. The maximum absolute atomic E-state index is 10.5. The van der Waals surface area contributed by atoms with Gasteiger partial charge in [-0.05, 0) is 6.42 Å². The van der Waals surface area contributed by atoms with Gasteiger partial charge in [-0.25, -0.2) is 13.7 Å². The zero-order chi connectivity index (χ0) is 10.3. The third-order valence-electron chi connectivity index (χ3n) is 0.939. The SMILES string of the molecule is O=C(O)CCCOC(=O)NS(=O)O. The summed E-state index contributed by atoms with van der Waals surface area (Å²) in [6.07, 6.45) is -0.998. The third kappa shape index (κ3) is 8.76. The quantitative estimate of drug-likeness (QED) is 0.425. The summed E-state index contributed by atoms with van der Waals surface area (Å²) in [6.45, 7) is -0.102. The largest absolute Gasteiger partial charge is 0.481 e. The van der Waals surface area contributed by atoms with Crippen molar-refractivity contribution in [2.45, 2.75) is 12.8 Å². The number of aliphatic carboxylic acids is 1. The second kappa shape index (κ2) is 6.38. The van der Waals surface area contributed by atoms with Crippen molar-refractivity contribution < 1.29 is 28.2 Å². The zero-order valence-corrected chi connectivity index (χ0v) is 7.37. The van der Waals surface area contributed by atoms with E-state index in [1.165, 1.54) is 0 Å². The first kappa shape index (κ1) is 11.8. The normalized spacial score (nSPS) is 11.8. The molecule has 7 nitrogen and oxygen atoms in total. The number of carboxylic acid groups (broad SMARTS) is 1. The van der Waals surface area contributed by atoms with Crippen LogP contribution in [0.1, 0.15) is 12.8 Å². The molecule has 0 radical (unpaired) electrons. The maximum atomic E-state index is 10.5. The molecule has 1 amide bonds. The van der Waals surface area contributed by atoms with Gasteiger partial charge in [0.25, 0.3) is 11.3 Å². The number of carboxylic acids is 1. The van der Waals surface area contributed by atoms with Gasteiger partial charge >= 0.3 is 12.1 Å². The molecule has 13 heavy (non-hydrogen) atoms. The molecular weight excluding hydrogens is 202 g/mol. The molecule has 3 N–H and O–H groups in total. The van der Waals surface area contributed by atoms with Gasteiger partial charge in [0, 0.05) is 6.42 Å². The highest BCUT2D eigenvalue weighted by Gasteiger charge is 2.04. The molecule has 0 aromatic heterocycles.